The van der Waals surface area contributed by atoms with Gasteiger partial charge in [-0.1, -0.05) is 27.4 Å². The summed E-state index contributed by atoms with van der Waals surface area (Å²) in [6.45, 7) is 18.9. The molecule has 146 valence electrons. The van der Waals surface area contributed by atoms with Crippen molar-refractivity contribution in [3.05, 3.63) is 12.2 Å². The summed E-state index contributed by atoms with van der Waals surface area (Å²) in [7, 11) is -0.360. The van der Waals surface area contributed by atoms with Crippen molar-refractivity contribution in [2.24, 2.45) is 0 Å². The second-order valence-electron chi connectivity index (χ2n) is 8.92. The molecule has 0 aromatic heterocycles. The summed E-state index contributed by atoms with van der Waals surface area (Å²) in [5, 5.41) is 10.9. The number of hydrogen-bond donors (Lipinski definition) is 1. The van der Waals surface area contributed by atoms with E-state index in [1.165, 1.54) is 0 Å². The molecule has 0 aliphatic carbocycles. The normalized spacial score (nSPS) is 33.3. The van der Waals surface area contributed by atoms with Crippen LogP contribution in [0.15, 0.2) is 12.2 Å². The van der Waals surface area contributed by atoms with Gasteiger partial charge in [-0.25, -0.2) is 0 Å². The molecule has 7 heteroatoms. The van der Waals surface area contributed by atoms with E-state index in [9.17, 15) is 5.11 Å². The fraction of sp³-hybridized carbons (Fsp3) is 0.889. The van der Waals surface area contributed by atoms with Crippen molar-refractivity contribution in [1.82, 2.24) is 0 Å². The van der Waals surface area contributed by atoms with Gasteiger partial charge in [0.1, 0.15) is 24.4 Å². The van der Waals surface area contributed by atoms with Crippen LogP contribution < -0.4 is 0 Å². The molecule has 25 heavy (non-hydrogen) atoms. The summed E-state index contributed by atoms with van der Waals surface area (Å²) < 4.78 is 29.1. The Bertz CT molecular complexity index is 498. The number of aliphatic hydroxyl groups is 1. The molecule has 2 saturated heterocycles. The molecule has 0 aromatic carbocycles. The number of methoxy groups -OCH3 is 1. The first kappa shape index (κ1) is 21.0. The van der Waals surface area contributed by atoms with Gasteiger partial charge < -0.3 is 28.5 Å². The van der Waals surface area contributed by atoms with Gasteiger partial charge in [-0.2, -0.15) is 0 Å². The lowest BCUT2D eigenvalue weighted by Gasteiger charge is -2.37. The molecule has 0 bridgehead atoms. The van der Waals surface area contributed by atoms with Crippen molar-refractivity contribution >= 4 is 8.32 Å². The van der Waals surface area contributed by atoms with E-state index in [-0.39, 0.29) is 11.1 Å². The Morgan fingerprint density at radius 2 is 1.80 bits per heavy atom. The number of ether oxygens (including phenoxy) is 4. The van der Waals surface area contributed by atoms with Crippen molar-refractivity contribution < 1.29 is 28.5 Å². The van der Waals surface area contributed by atoms with Crippen LogP contribution in [0, 0.1) is 0 Å². The van der Waals surface area contributed by atoms with Gasteiger partial charge >= 0.3 is 0 Å². The van der Waals surface area contributed by atoms with Crippen LogP contribution in [0.2, 0.25) is 18.1 Å². The van der Waals surface area contributed by atoms with E-state index in [0.29, 0.717) is 12.2 Å². The van der Waals surface area contributed by atoms with E-state index in [1.807, 2.05) is 13.8 Å². The highest BCUT2D eigenvalue weighted by molar-refractivity contribution is 6.74. The standard InChI is InChI=1S/C18H34O6Si/c1-11(10-21-25(8,9)17(2,3)4)12(19)13-14-15(16(20-7)22-13)24-18(5,6)23-14/h12-16,19H,1,10H2,2-9H3/t12-,13-,14+,15+,16+/m1/s1. The van der Waals surface area contributed by atoms with Crippen LogP contribution >= 0.6 is 0 Å². The Kier molecular flexibility index (Phi) is 5.91. The highest BCUT2D eigenvalue weighted by Gasteiger charge is 2.57. The summed E-state index contributed by atoms with van der Waals surface area (Å²) in [5.41, 5.74) is 0.582. The van der Waals surface area contributed by atoms with Gasteiger partial charge in [0, 0.05) is 7.11 Å². The quantitative estimate of drug-likeness (QED) is 0.570. The van der Waals surface area contributed by atoms with E-state index >= 15 is 0 Å². The lowest BCUT2D eigenvalue weighted by atomic mass is 10.0. The first-order valence-corrected chi connectivity index (χ1v) is 11.7. The molecule has 6 nitrogen and oxygen atoms in total. The number of rotatable bonds is 6. The van der Waals surface area contributed by atoms with Gasteiger partial charge in [0.05, 0.1) is 6.61 Å². The van der Waals surface area contributed by atoms with Gasteiger partial charge in [-0.3, -0.25) is 0 Å². The average molecular weight is 375 g/mol. The minimum absolute atomic E-state index is 0.0980. The second-order valence-corrected chi connectivity index (χ2v) is 13.7. The molecule has 0 spiro atoms. The van der Waals surface area contributed by atoms with Crippen LogP contribution in [0.1, 0.15) is 34.6 Å². The lowest BCUT2D eigenvalue weighted by Crippen LogP contribution is -2.44. The molecule has 0 unspecified atom stereocenters. The predicted molar refractivity (Wildman–Crippen MR) is 97.8 cm³/mol. The third-order valence-electron chi connectivity index (χ3n) is 5.43. The fourth-order valence-corrected chi connectivity index (χ4v) is 3.82. The largest absolute Gasteiger partial charge is 0.413 e. The number of hydrogen-bond acceptors (Lipinski definition) is 6. The highest BCUT2D eigenvalue weighted by atomic mass is 28.4. The topological polar surface area (TPSA) is 66.4 Å². The molecule has 1 N–H and O–H groups in total. The monoisotopic (exact) mass is 374 g/mol. The van der Waals surface area contributed by atoms with E-state index in [0.717, 1.165) is 0 Å². The molecular formula is C18H34O6Si. The van der Waals surface area contributed by atoms with E-state index in [4.69, 9.17) is 23.4 Å². The van der Waals surface area contributed by atoms with Gasteiger partial charge in [-0.15, -0.1) is 0 Å². The van der Waals surface area contributed by atoms with Crippen LogP contribution in [0.25, 0.3) is 0 Å². The van der Waals surface area contributed by atoms with E-state index in [2.05, 4.69) is 40.4 Å². The van der Waals surface area contributed by atoms with Crippen LogP contribution in [0.5, 0.6) is 0 Å². The molecule has 0 saturated carbocycles. The number of aliphatic hydroxyl groups excluding tert-OH is 1. The summed E-state index contributed by atoms with van der Waals surface area (Å²) >= 11 is 0. The molecule has 2 fully saturated rings. The Hall–Kier alpha value is -0.283. The van der Waals surface area contributed by atoms with E-state index in [1.54, 1.807) is 7.11 Å². The van der Waals surface area contributed by atoms with Gasteiger partial charge in [-0.05, 0) is 37.6 Å². The zero-order chi connectivity index (χ0) is 19.2. The maximum Gasteiger partial charge on any atom is 0.192 e. The van der Waals surface area contributed by atoms with Gasteiger partial charge in [0.15, 0.2) is 20.4 Å². The summed E-state index contributed by atoms with van der Waals surface area (Å²) in [5.74, 6) is -0.729. The molecule has 2 aliphatic rings. The average Bonchev–Trinajstić information content (AvgIpc) is 2.95. The first-order valence-electron chi connectivity index (χ1n) is 8.83. The summed E-state index contributed by atoms with van der Waals surface area (Å²) in [6.07, 6.45) is -2.84. The SMILES string of the molecule is C=C(CO[Si](C)(C)C(C)(C)C)[C@@H](O)[C@H]1O[C@H](OC)[C@H]2OC(C)(C)O[C@H]21. The Balaban J connectivity index is 2.02. The van der Waals surface area contributed by atoms with Crippen LogP contribution in [-0.2, 0) is 23.4 Å². The fourth-order valence-electron chi connectivity index (χ4n) is 2.84. The zero-order valence-corrected chi connectivity index (χ0v) is 17.8. The Morgan fingerprint density at radius 1 is 1.24 bits per heavy atom. The molecule has 2 heterocycles. The second kappa shape index (κ2) is 7.03. The lowest BCUT2D eigenvalue weighted by molar-refractivity contribution is -0.234. The first-order chi connectivity index (χ1) is 11.3. The van der Waals surface area contributed by atoms with Crippen molar-refractivity contribution in [2.45, 2.75) is 89.2 Å². The van der Waals surface area contributed by atoms with Crippen molar-refractivity contribution in [1.29, 1.82) is 0 Å². The smallest absolute Gasteiger partial charge is 0.192 e. The zero-order valence-electron chi connectivity index (χ0n) is 16.8. The van der Waals surface area contributed by atoms with Gasteiger partial charge in [0.2, 0.25) is 0 Å². The predicted octanol–water partition coefficient (Wildman–Crippen LogP) is 2.82. The third-order valence-corrected chi connectivity index (χ3v) is 9.91. The van der Waals surface area contributed by atoms with Gasteiger partial charge in [0.25, 0.3) is 0 Å². The molecule has 0 radical (unpaired) electrons. The van der Waals surface area contributed by atoms with E-state index < -0.39 is 38.7 Å². The molecule has 2 aliphatic heterocycles. The maximum absolute atomic E-state index is 10.8. The maximum atomic E-state index is 10.8. The number of fused-ring (bicyclic) bond motifs is 1. The summed E-state index contributed by atoms with van der Waals surface area (Å²) in [4.78, 5) is 0. The highest BCUT2D eigenvalue weighted by Crippen LogP contribution is 2.41. The minimum atomic E-state index is -1.92. The Morgan fingerprint density at radius 3 is 2.32 bits per heavy atom. The molecule has 0 aromatic rings. The minimum Gasteiger partial charge on any atom is -0.413 e. The molecular weight excluding hydrogens is 340 g/mol. The third kappa shape index (κ3) is 4.35. The van der Waals surface area contributed by atoms with Crippen molar-refractivity contribution in [2.75, 3.05) is 13.7 Å². The van der Waals surface area contributed by atoms with Crippen LogP contribution in [-0.4, -0.2) is 63.6 Å². The van der Waals surface area contributed by atoms with Crippen molar-refractivity contribution in [3.63, 3.8) is 0 Å². The Labute approximate surface area is 152 Å². The summed E-state index contributed by atoms with van der Waals surface area (Å²) in [6, 6.07) is 0. The van der Waals surface area contributed by atoms with Crippen LogP contribution in [0.3, 0.4) is 0 Å². The molecule has 5 atom stereocenters. The molecule has 0 amide bonds. The van der Waals surface area contributed by atoms with Crippen molar-refractivity contribution in [3.8, 4) is 0 Å². The molecule has 2 rings (SSSR count). The van der Waals surface area contributed by atoms with Crippen LogP contribution in [0.4, 0.5) is 0 Å².